The predicted octanol–water partition coefficient (Wildman–Crippen LogP) is 4.05. The van der Waals surface area contributed by atoms with E-state index in [0.29, 0.717) is 5.92 Å². The summed E-state index contributed by atoms with van der Waals surface area (Å²) in [5, 5.41) is 0. The Bertz CT molecular complexity index is 440. The Balaban J connectivity index is 3.29. The molecule has 0 unspecified atom stereocenters. The van der Waals surface area contributed by atoms with Gasteiger partial charge in [-0.2, -0.15) is 0 Å². The third kappa shape index (κ3) is 4.02. The van der Waals surface area contributed by atoms with E-state index in [0.717, 1.165) is 31.2 Å². The van der Waals surface area contributed by atoms with Gasteiger partial charge in [-0.05, 0) is 31.5 Å². The van der Waals surface area contributed by atoms with Crippen LogP contribution < -0.4 is 0 Å². The summed E-state index contributed by atoms with van der Waals surface area (Å²) in [7, 11) is 0. The topological polar surface area (TPSA) is 29.0 Å². The Kier molecular flexibility index (Phi) is 5.69. The highest BCUT2D eigenvalue weighted by Gasteiger charge is 2.24. The van der Waals surface area contributed by atoms with E-state index in [1.165, 1.54) is 11.3 Å². The molecule has 114 valence electrons. The summed E-state index contributed by atoms with van der Waals surface area (Å²) in [4.78, 5) is 12.0. The summed E-state index contributed by atoms with van der Waals surface area (Å²) in [6.07, 6.45) is 0. The Hall–Kier alpha value is -0.960. The second-order valence-corrected chi connectivity index (χ2v) is 6.85. The fraction of sp³-hybridized carbons (Fsp3) is 0.765. The van der Waals surface area contributed by atoms with E-state index in [-0.39, 0.29) is 5.41 Å². The Morgan fingerprint density at radius 2 is 1.60 bits per heavy atom. The van der Waals surface area contributed by atoms with Crippen molar-refractivity contribution in [2.75, 3.05) is 13.1 Å². The smallest absolute Gasteiger partial charge is 0.142 e. The van der Waals surface area contributed by atoms with Crippen molar-refractivity contribution in [1.82, 2.24) is 14.9 Å². The molecule has 0 bridgehead atoms. The highest BCUT2D eigenvalue weighted by atomic mass is 15.1. The van der Waals surface area contributed by atoms with Crippen molar-refractivity contribution in [3.8, 4) is 0 Å². The van der Waals surface area contributed by atoms with Crippen molar-refractivity contribution < 1.29 is 0 Å². The monoisotopic (exact) mass is 277 g/mol. The fourth-order valence-electron chi connectivity index (χ4n) is 2.62. The van der Waals surface area contributed by atoms with Crippen LogP contribution in [0, 0.1) is 6.92 Å². The molecule has 0 atom stereocenters. The van der Waals surface area contributed by atoms with Crippen LogP contribution in [0.1, 0.15) is 77.2 Å². The molecule has 1 heterocycles. The van der Waals surface area contributed by atoms with Crippen LogP contribution in [0.15, 0.2) is 0 Å². The van der Waals surface area contributed by atoms with Crippen molar-refractivity contribution >= 4 is 0 Å². The third-order valence-corrected chi connectivity index (χ3v) is 3.73. The van der Waals surface area contributed by atoms with Crippen LogP contribution in [0.2, 0.25) is 0 Å². The lowest BCUT2D eigenvalue weighted by molar-refractivity contribution is 0.287. The molecule has 0 saturated carbocycles. The van der Waals surface area contributed by atoms with Gasteiger partial charge in [-0.1, -0.05) is 48.5 Å². The highest BCUT2D eigenvalue weighted by molar-refractivity contribution is 5.33. The largest absolute Gasteiger partial charge is 0.296 e. The maximum atomic E-state index is 4.91. The molecule has 1 rings (SSSR count). The number of aromatic nitrogens is 2. The van der Waals surface area contributed by atoms with Gasteiger partial charge < -0.3 is 0 Å². The van der Waals surface area contributed by atoms with Gasteiger partial charge >= 0.3 is 0 Å². The summed E-state index contributed by atoms with van der Waals surface area (Å²) in [6.45, 7) is 20.6. The van der Waals surface area contributed by atoms with E-state index in [1.807, 2.05) is 0 Å². The molecule has 0 aliphatic heterocycles. The lowest BCUT2D eigenvalue weighted by atomic mass is 9.84. The van der Waals surface area contributed by atoms with Crippen LogP contribution in [0.25, 0.3) is 0 Å². The minimum absolute atomic E-state index is 0.0608. The molecule has 0 amide bonds. The molecule has 20 heavy (non-hydrogen) atoms. The summed E-state index contributed by atoms with van der Waals surface area (Å²) < 4.78 is 0. The van der Waals surface area contributed by atoms with Crippen molar-refractivity contribution in [1.29, 1.82) is 0 Å². The SMILES string of the molecule is CCN(CC)Cc1nc(C)c(C(C)C)c(C(C)(C)C)n1. The number of rotatable bonds is 5. The molecular weight excluding hydrogens is 246 g/mol. The van der Waals surface area contributed by atoms with Gasteiger partial charge in [0.25, 0.3) is 0 Å². The summed E-state index contributed by atoms with van der Waals surface area (Å²) >= 11 is 0. The lowest BCUT2D eigenvalue weighted by Crippen LogP contribution is -2.26. The zero-order valence-corrected chi connectivity index (χ0v) is 14.5. The molecule has 0 saturated heterocycles. The summed E-state index contributed by atoms with van der Waals surface area (Å²) in [6, 6.07) is 0. The third-order valence-electron chi connectivity index (χ3n) is 3.73. The first-order chi connectivity index (χ1) is 9.20. The standard InChI is InChI=1S/C17H31N3/c1-9-20(10-2)11-14-18-13(5)15(12(3)4)16(19-14)17(6,7)8/h12H,9-11H2,1-8H3. The molecule has 3 nitrogen and oxygen atoms in total. The van der Waals surface area contributed by atoms with Gasteiger partial charge in [0.15, 0.2) is 0 Å². The van der Waals surface area contributed by atoms with E-state index < -0.39 is 0 Å². The van der Waals surface area contributed by atoms with Crippen LogP contribution >= 0.6 is 0 Å². The predicted molar refractivity (Wildman–Crippen MR) is 86.2 cm³/mol. The number of nitrogens with zero attached hydrogens (tertiary/aromatic N) is 3. The molecule has 0 spiro atoms. The van der Waals surface area contributed by atoms with Crippen LogP contribution in [0.3, 0.4) is 0 Å². The first-order valence-corrected chi connectivity index (χ1v) is 7.80. The Morgan fingerprint density at radius 1 is 1.05 bits per heavy atom. The van der Waals surface area contributed by atoms with Crippen LogP contribution in [-0.4, -0.2) is 28.0 Å². The fourth-order valence-corrected chi connectivity index (χ4v) is 2.62. The van der Waals surface area contributed by atoms with Crippen LogP contribution in [0.5, 0.6) is 0 Å². The van der Waals surface area contributed by atoms with Crippen LogP contribution in [0.4, 0.5) is 0 Å². The van der Waals surface area contributed by atoms with Gasteiger partial charge in [0.2, 0.25) is 0 Å². The number of aryl methyl sites for hydroxylation is 1. The first-order valence-electron chi connectivity index (χ1n) is 7.80. The van der Waals surface area contributed by atoms with E-state index in [4.69, 9.17) is 9.97 Å². The zero-order valence-electron chi connectivity index (χ0n) is 14.5. The van der Waals surface area contributed by atoms with Gasteiger partial charge in [0.1, 0.15) is 5.82 Å². The highest BCUT2D eigenvalue weighted by Crippen LogP contribution is 2.30. The molecule has 0 radical (unpaired) electrons. The molecule has 1 aromatic rings. The average molecular weight is 277 g/mol. The van der Waals surface area contributed by atoms with Gasteiger partial charge in [-0.25, -0.2) is 9.97 Å². The van der Waals surface area contributed by atoms with E-state index in [2.05, 4.69) is 60.3 Å². The minimum atomic E-state index is 0.0608. The van der Waals surface area contributed by atoms with Crippen molar-refractivity contribution in [2.24, 2.45) is 0 Å². The molecule has 0 fully saturated rings. The minimum Gasteiger partial charge on any atom is -0.296 e. The summed E-state index contributed by atoms with van der Waals surface area (Å²) in [5.41, 5.74) is 3.73. The normalized spacial score (nSPS) is 12.5. The van der Waals surface area contributed by atoms with E-state index >= 15 is 0 Å². The molecule has 1 aromatic heterocycles. The first kappa shape index (κ1) is 17.1. The number of hydrogen-bond donors (Lipinski definition) is 0. The molecule has 0 aromatic carbocycles. The van der Waals surface area contributed by atoms with Gasteiger partial charge in [-0.15, -0.1) is 0 Å². The quantitative estimate of drug-likeness (QED) is 0.813. The average Bonchev–Trinajstić information content (AvgIpc) is 2.33. The Labute approximate surface area is 124 Å². The second-order valence-electron chi connectivity index (χ2n) is 6.85. The van der Waals surface area contributed by atoms with Crippen molar-refractivity contribution in [3.63, 3.8) is 0 Å². The van der Waals surface area contributed by atoms with Crippen molar-refractivity contribution in [2.45, 2.75) is 73.3 Å². The van der Waals surface area contributed by atoms with E-state index in [9.17, 15) is 0 Å². The second kappa shape index (κ2) is 6.66. The van der Waals surface area contributed by atoms with Crippen molar-refractivity contribution in [3.05, 3.63) is 22.8 Å². The summed E-state index contributed by atoms with van der Waals surface area (Å²) in [5.74, 6) is 1.42. The van der Waals surface area contributed by atoms with Gasteiger partial charge in [0.05, 0.1) is 12.2 Å². The maximum absolute atomic E-state index is 4.91. The Morgan fingerprint density at radius 3 is 2.00 bits per heavy atom. The molecule has 3 heteroatoms. The maximum Gasteiger partial charge on any atom is 0.142 e. The molecule has 0 N–H and O–H groups in total. The van der Waals surface area contributed by atoms with Crippen LogP contribution in [-0.2, 0) is 12.0 Å². The molecular formula is C17H31N3. The van der Waals surface area contributed by atoms with E-state index in [1.54, 1.807) is 0 Å². The number of hydrogen-bond acceptors (Lipinski definition) is 3. The molecule has 0 aliphatic rings. The van der Waals surface area contributed by atoms with Gasteiger partial charge in [-0.3, -0.25) is 4.90 Å². The lowest BCUT2D eigenvalue weighted by Gasteiger charge is -2.26. The van der Waals surface area contributed by atoms with Gasteiger partial charge in [0, 0.05) is 11.1 Å². The molecule has 0 aliphatic carbocycles. The zero-order chi connectivity index (χ0) is 15.5.